The van der Waals surface area contributed by atoms with E-state index in [9.17, 15) is 4.79 Å². The lowest BCUT2D eigenvalue weighted by atomic mass is 9.98. The van der Waals surface area contributed by atoms with Crippen LogP contribution < -0.4 is 20.5 Å². The van der Waals surface area contributed by atoms with E-state index in [1.165, 1.54) is 0 Å². The highest BCUT2D eigenvalue weighted by Crippen LogP contribution is 2.24. The van der Waals surface area contributed by atoms with Crippen LogP contribution in [-0.4, -0.2) is 32.7 Å². The summed E-state index contributed by atoms with van der Waals surface area (Å²) in [6.45, 7) is 4.16. The fraction of sp³-hybridized carbons (Fsp3) is 0.533. The molecule has 0 spiro atoms. The number of nitrogens with two attached hydrogens (primary N) is 1. The summed E-state index contributed by atoms with van der Waals surface area (Å²) in [5.74, 6) is 1.14. The minimum Gasteiger partial charge on any atom is -0.497 e. The van der Waals surface area contributed by atoms with Gasteiger partial charge in [0.05, 0.1) is 20.1 Å². The number of amides is 1. The zero-order chi connectivity index (χ0) is 15.1. The highest BCUT2D eigenvalue weighted by molar-refractivity contribution is 5.79. The maximum Gasteiger partial charge on any atom is 0.224 e. The number of benzene rings is 1. The van der Waals surface area contributed by atoms with Gasteiger partial charge in [0.25, 0.3) is 0 Å². The Kier molecular flexibility index (Phi) is 6.31. The van der Waals surface area contributed by atoms with Gasteiger partial charge in [-0.05, 0) is 38.0 Å². The molecule has 1 amide bonds. The van der Waals surface area contributed by atoms with Crippen molar-refractivity contribution in [2.24, 2.45) is 11.7 Å². The number of ether oxygens (including phenoxy) is 2. The standard InChI is InChI=1S/C15H24N2O3/c1-10(2)17-15(18)12(9-16)5-11-6-13(19-3)8-14(7-11)20-4/h6-8,10,12H,5,9,16H2,1-4H3,(H,17,18). The topological polar surface area (TPSA) is 73.6 Å². The van der Waals surface area contributed by atoms with Crippen molar-refractivity contribution in [2.75, 3.05) is 20.8 Å². The van der Waals surface area contributed by atoms with E-state index in [0.717, 1.165) is 5.56 Å². The lowest BCUT2D eigenvalue weighted by Crippen LogP contribution is -2.39. The number of hydrogen-bond donors (Lipinski definition) is 2. The quantitative estimate of drug-likeness (QED) is 0.790. The second-order valence-electron chi connectivity index (χ2n) is 5.02. The van der Waals surface area contributed by atoms with Gasteiger partial charge in [0.1, 0.15) is 11.5 Å². The van der Waals surface area contributed by atoms with Crippen LogP contribution in [0.4, 0.5) is 0 Å². The average Bonchev–Trinajstić information content (AvgIpc) is 2.43. The van der Waals surface area contributed by atoms with Crippen molar-refractivity contribution in [3.05, 3.63) is 23.8 Å². The predicted octanol–water partition coefficient (Wildman–Crippen LogP) is 1.35. The van der Waals surface area contributed by atoms with Crippen molar-refractivity contribution >= 4 is 5.91 Å². The van der Waals surface area contributed by atoms with Gasteiger partial charge in [-0.1, -0.05) is 0 Å². The second kappa shape index (κ2) is 7.75. The van der Waals surface area contributed by atoms with Crippen LogP contribution >= 0.6 is 0 Å². The Morgan fingerprint density at radius 3 is 2.15 bits per heavy atom. The van der Waals surface area contributed by atoms with Crippen LogP contribution in [0.25, 0.3) is 0 Å². The SMILES string of the molecule is COc1cc(CC(CN)C(=O)NC(C)C)cc(OC)c1. The van der Waals surface area contributed by atoms with Gasteiger partial charge in [0.2, 0.25) is 5.91 Å². The third kappa shape index (κ3) is 4.74. The van der Waals surface area contributed by atoms with Gasteiger partial charge in [0.15, 0.2) is 0 Å². The van der Waals surface area contributed by atoms with Gasteiger partial charge >= 0.3 is 0 Å². The maximum absolute atomic E-state index is 12.0. The van der Waals surface area contributed by atoms with E-state index < -0.39 is 0 Å². The fourth-order valence-corrected chi connectivity index (χ4v) is 1.95. The van der Waals surface area contributed by atoms with E-state index >= 15 is 0 Å². The summed E-state index contributed by atoms with van der Waals surface area (Å²) in [7, 11) is 3.20. The first-order valence-electron chi connectivity index (χ1n) is 6.72. The number of carbonyl (C=O) groups excluding carboxylic acids is 1. The highest BCUT2D eigenvalue weighted by Gasteiger charge is 2.18. The van der Waals surface area contributed by atoms with E-state index in [4.69, 9.17) is 15.2 Å². The Balaban J connectivity index is 2.86. The van der Waals surface area contributed by atoms with Crippen LogP contribution in [0, 0.1) is 5.92 Å². The zero-order valence-electron chi connectivity index (χ0n) is 12.6. The molecular weight excluding hydrogens is 256 g/mol. The first-order chi connectivity index (χ1) is 9.49. The molecule has 1 aromatic carbocycles. The second-order valence-corrected chi connectivity index (χ2v) is 5.02. The molecule has 3 N–H and O–H groups in total. The molecule has 0 bridgehead atoms. The summed E-state index contributed by atoms with van der Waals surface area (Å²) < 4.78 is 10.5. The molecule has 0 aliphatic rings. The number of nitrogens with one attached hydrogen (secondary N) is 1. The molecule has 0 heterocycles. The maximum atomic E-state index is 12.0. The van der Waals surface area contributed by atoms with Crippen LogP contribution in [0.2, 0.25) is 0 Å². The molecule has 0 aliphatic carbocycles. The third-order valence-corrected chi connectivity index (χ3v) is 2.98. The molecule has 20 heavy (non-hydrogen) atoms. The fourth-order valence-electron chi connectivity index (χ4n) is 1.95. The summed E-state index contributed by atoms with van der Waals surface area (Å²) in [5, 5.41) is 2.89. The summed E-state index contributed by atoms with van der Waals surface area (Å²) >= 11 is 0. The molecule has 0 radical (unpaired) electrons. The summed E-state index contributed by atoms with van der Waals surface area (Å²) in [4.78, 5) is 12.0. The van der Waals surface area contributed by atoms with E-state index in [2.05, 4.69) is 5.32 Å². The number of methoxy groups -OCH3 is 2. The molecule has 0 fully saturated rings. The number of rotatable bonds is 7. The van der Waals surface area contributed by atoms with Crippen LogP contribution in [0.5, 0.6) is 11.5 Å². The molecule has 1 rings (SSSR count). The van der Waals surface area contributed by atoms with E-state index in [1.807, 2.05) is 26.0 Å². The lowest BCUT2D eigenvalue weighted by molar-refractivity contribution is -0.125. The van der Waals surface area contributed by atoms with Gasteiger partial charge in [-0.15, -0.1) is 0 Å². The van der Waals surface area contributed by atoms with Crippen molar-refractivity contribution < 1.29 is 14.3 Å². The molecule has 1 atom stereocenters. The van der Waals surface area contributed by atoms with Crippen molar-refractivity contribution in [3.63, 3.8) is 0 Å². The molecule has 112 valence electrons. The van der Waals surface area contributed by atoms with Crippen molar-refractivity contribution in [1.82, 2.24) is 5.32 Å². The van der Waals surface area contributed by atoms with Crippen molar-refractivity contribution in [3.8, 4) is 11.5 Å². The van der Waals surface area contributed by atoms with Gasteiger partial charge in [-0.25, -0.2) is 0 Å². The highest BCUT2D eigenvalue weighted by atomic mass is 16.5. The zero-order valence-corrected chi connectivity index (χ0v) is 12.6. The van der Waals surface area contributed by atoms with E-state index in [1.54, 1.807) is 20.3 Å². The Hall–Kier alpha value is -1.75. The molecule has 1 unspecified atom stereocenters. The Morgan fingerprint density at radius 2 is 1.75 bits per heavy atom. The van der Waals surface area contributed by atoms with Gasteiger partial charge in [-0.2, -0.15) is 0 Å². The first kappa shape index (κ1) is 16.3. The molecule has 0 aliphatic heterocycles. The Bertz CT molecular complexity index is 424. The van der Waals surface area contributed by atoms with Gasteiger partial charge in [-0.3, -0.25) is 4.79 Å². The third-order valence-electron chi connectivity index (χ3n) is 2.98. The predicted molar refractivity (Wildman–Crippen MR) is 79.1 cm³/mol. The number of hydrogen-bond acceptors (Lipinski definition) is 4. The van der Waals surface area contributed by atoms with Crippen molar-refractivity contribution in [1.29, 1.82) is 0 Å². The van der Waals surface area contributed by atoms with E-state index in [0.29, 0.717) is 24.5 Å². The molecule has 1 aromatic rings. The summed E-state index contributed by atoms with van der Waals surface area (Å²) in [6.07, 6.45) is 0.558. The first-order valence-corrected chi connectivity index (χ1v) is 6.72. The molecule has 0 saturated carbocycles. The van der Waals surface area contributed by atoms with Gasteiger partial charge in [0, 0.05) is 18.7 Å². The normalized spacial score (nSPS) is 12.1. The summed E-state index contributed by atoms with van der Waals surface area (Å²) in [5.41, 5.74) is 6.68. The van der Waals surface area contributed by atoms with Crippen LogP contribution in [0.15, 0.2) is 18.2 Å². The molecule has 0 saturated heterocycles. The smallest absolute Gasteiger partial charge is 0.224 e. The monoisotopic (exact) mass is 280 g/mol. The average molecular weight is 280 g/mol. The molecule has 5 nitrogen and oxygen atoms in total. The minimum atomic E-state index is -0.255. The molecule has 5 heteroatoms. The van der Waals surface area contributed by atoms with Crippen molar-refractivity contribution in [2.45, 2.75) is 26.3 Å². The molecular formula is C15H24N2O3. The van der Waals surface area contributed by atoms with Crippen LogP contribution in [0.3, 0.4) is 0 Å². The Morgan fingerprint density at radius 1 is 1.20 bits per heavy atom. The lowest BCUT2D eigenvalue weighted by Gasteiger charge is -2.17. The van der Waals surface area contributed by atoms with Gasteiger partial charge < -0.3 is 20.5 Å². The minimum absolute atomic E-state index is 0.0238. The largest absolute Gasteiger partial charge is 0.497 e. The van der Waals surface area contributed by atoms with E-state index in [-0.39, 0.29) is 17.9 Å². The van der Waals surface area contributed by atoms with Crippen LogP contribution in [0.1, 0.15) is 19.4 Å². The van der Waals surface area contributed by atoms with Crippen LogP contribution in [-0.2, 0) is 11.2 Å². The summed E-state index contributed by atoms with van der Waals surface area (Å²) in [6, 6.07) is 5.70. The molecule has 0 aromatic heterocycles. The number of carbonyl (C=O) groups is 1. The Labute approximate surface area is 120 Å².